The highest BCUT2D eigenvalue weighted by molar-refractivity contribution is 4.49. The van der Waals surface area contributed by atoms with Gasteiger partial charge in [-0.25, -0.2) is 0 Å². The van der Waals surface area contributed by atoms with Gasteiger partial charge in [-0.15, -0.1) is 0 Å². The van der Waals surface area contributed by atoms with Crippen molar-refractivity contribution in [3.05, 3.63) is 0 Å². The molecule has 56 valence electrons. The molecule has 0 nitrogen and oxygen atoms in total. The molecule has 0 fully saturated rings. The van der Waals surface area contributed by atoms with E-state index in [9.17, 15) is 4.39 Å². The van der Waals surface area contributed by atoms with Crippen molar-refractivity contribution in [1.29, 1.82) is 0 Å². The minimum Gasteiger partial charge on any atom is -0.251 e. The second-order valence-corrected chi connectivity index (χ2v) is 2.76. The van der Waals surface area contributed by atoms with Crippen molar-refractivity contribution < 1.29 is 4.39 Å². The summed E-state index contributed by atoms with van der Waals surface area (Å²) >= 11 is 0. The van der Waals surface area contributed by atoms with E-state index in [1.165, 1.54) is 19.3 Å². The molecule has 0 amide bonds. The average Bonchev–Trinajstić information content (AvgIpc) is 1.89. The maximum atomic E-state index is 11.8. The number of hydrogen-bond acceptors (Lipinski definition) is 0. The van der Waals surface area contributed by atoms with Crippen molar-refractivity contribution in [1.82, 2.24) is 0 Å². The second kappa shape index (κ2) is 6.06. The maximum absolute atomic E-state index is 11.8. The SMILES string of the molecule is CCCCCC(C)CF. The third-order valence-corrected chi connectivity index (χ3v) is 1.56. The monoisotopic (exact) mass is 132 g/mol. The maximum Gasteiger partial charge on any atom is 0.0919 e. The zero-order valence-corrected chi connectivity index (χ0v) is 6.49. The summed E-state index contributed by atoms with van der Waals surface area (Å²) in [4.78, 5) is 0. The molecule has 0 spiro atoms. The Morgan fingerprint density at radius 1 is 1.33 bits per heavy atom. The Bertz CT molecular complexity index is 52.5. The fourth-order valence-corrected chi connectivity index (χ4v) is 0.820. The van der Waals surface area contributed by atoms with Crippen LogP contribution in [0.5, 0.6) is 0 Å². The van der Waals surface area contributed by atoms with Gasteiger partial charge in [-0.3, -0.25) is 4.39 Å². The number of halogens is 1. The van der Waals surface area contributed by atoms with E-state index in [2.05, 4.69) is 6.92 Å². The highest BCUT2D eigenvalue weighted by Gasteiger charge is 1.98. The van der Waals surface area contributed by atoms with Gasteiger partial charge in [0.2, 0.25) is 0 Å². The summed E-state index contributed by atoms with van der Waals surface area (Å²) in [5.74, 6) is 0.288. The lowest BCUT2D eigenvalue weighted by atomic mass is 10.1. The first kappa shape index (κ1) is 8.93. The number of hydrogen-bond donors (Lipinski definition) is 0. The molecular weight excluding hydrogens is 115 g/mol. The van der Waals surface area contributed by atoms with Crippen LogP contribution in [0, 0.1) is 5.92 Å². The van der Waals surface area contributed by atoms with Gasteiger partial charge in [-0.05, 0) is 12.3 Å². The summed E-state index contributed by atoms with van der Waals surface area (Å²) in [7, 11) is 0. The van der Waals surface area contributed by atoms with Crippen LogP contribution >= 0.6 is 0 Å². The van der Waals surface area contributed by atoms with Crippen molar-refractivity contribution >= 4 is 0 Å². The van der Waals surface area contributed by atoms with Gasteiger partial charge in [0.05, 0.1) is 6.67 Å². The molecule has 0 bridgehead atoms. The summed E-state index contributed by atoms with van der Waals surface area (Å²) in [5.41, 5.74) is 0. The average molecular weight is 132 g/mol. The first-order chi connectivity index (χ1) is 4.31. The molecular formula is C8H17F. The number of rotatable bonds is 5. The molecule has 1 atom stereocenters. The number of unbranched alkanes of at least 4 members (excludes halogenated alkanes) is 2. The predicted octanol–water partition coefficient (Wildman–Crippen LogP) is 3.17. The van der Waals surface area contributed by atoms with Crippen molar-refractivity contribution in [2.75, 3.05) is 6.67 Å². The molecule has 0 aromatic rings. The highest BCUT2D eigenvalue weighted by Crippen LogP contribution is 2.08. The summed E-state index contributed by atoms with van der Waals surface area (Å²) in [6, 6.07) is 0. The van der Waals surface area contributed by atoms with Gasteiger partial charge in [0, 0.05) is 0 Å². The molecule has 0 aliphatic carbocycles. The van der Waals surface area contributed by atoms with Crippen molar-refractivity contribution in [3.63, 3.8) is 0 Å². The van der Waals surface area contributed by atoms with Crippen LogP contribution in [-0.4, -0.2) is 6.67 Å². The second-order valence-electron chi connectivity index (χ2n) is 2.76. The van der Waals surface area contributed by atoms with Crippen LogP contribution in [0.15, 0.2) is 0 Å². The number of alkyl halides is 1. The minimum absolute atomic E-state index is 0.149. The molecule has 0 aliphatic rings. The van der Waals surface area contributed by atoms with E-state index in [4.69, 9.17) is 0 Å². The normalized spacial score (nSPS) is 13.7. The van der Waals surface area contributed by atoms with Gasteiger partial charge in [0.15, 0.2) is 0 Å². The molecule has 1 unspecified atom stereocenters. The molecule has 0 rings (SSSR count). The zero-order chi connectivity index (χ0) is 7.11. The van der Waals surface area contributed by atoms with E-state index in [0.29, 0.717) is 0 Å². The Morgan fingerprint density at radius 2 is 2.00 bits per heavy atom. The standard InChI is InChI=1S/C8H17F/c1-3-4-5-6-8(2)7-9/h8H,3-7H2,1-2H3. The lowest BCUT2D eigenvalue weighted by Crippen LogP contribution is -1.95. The summed E-state index contributed by atoms with van der Waals surface area (Å²) in [5, 5.41) is 0. The highest BCUT2D eigenvalue weighted by atomic mass is 19.1. The quantitative estimate of drug-likeness (QED) is 0.504. The van der Waals surface area contributed by atoms with E-state index >= 15 is 0 Å². The van der Waals surface area contributed by atoms with Gasteiger partial charge in [0.1, 0.15) is 0 Å². The predicted molar refractivity (Wildman–Crippen MR) is 39.3 cm³/mol. The fraction of sp³-hybridized carbons (Fsp3) is 1.00. The van der Waals surface area contributed by atoms with Gasteiger partial charge in [0.25, 0.3) is 0 Å². The Hall–Kier alpha value is -0.0700. The Morgan fingerprint density at radius 3 is 2.44 bits per heavy atom. The zero-order valence-electron chi connectivity index (χ0n) is 6.49. The summed E-state index contributed by atoms with van der Waals surface area (Å²) in [6.07, 6.45) is 4.75. The minimum atomic E-state index is -0.149. The van der Waals surface area contributed by atoms with Gasteiger partial charge in [-0.1, -0.05) is 33.1 Å². The third-order valence-electron chi connectivity index (χ3n) is 1.56. The molecule has 0 heterocycles. The van der Waals surface area contributed by atoms with Gasteiger partial charge in [-0.2, -0.15) is 0 Å². The van der Waals surface area contributed by atoms with Crippen molar-refractivity contribution in [2.24, 2.45) is 5.92 Å². The molecule has 0 aliphatic heterocycles. The summed E-state index contributed by atoms with van der Waals surface area (Å²) in [6.45, 7) is 3.99. The molecule has 0 radical (unpaired) electrons. The molecule has 0 aromatic carbocycles. The van der Waals surface area contributed by atoms with E-state index in [-0.39, 0.29) is 12.6 Å². The molecule has 0 saturated carbocycles. The van der Waals surface area contributed by atoms with Crippen LogP contribution in [0.4, 0.5) is 4.39 Å². The lowest BCUT2D eigenvalue weighted by Gasteiger charge is -2.03. The topological polar surface area (TPSA) is 0 Å². The van der Waals surface area contributed by atoms with Crippen LogP contribution < -0.4 is 0 Å². The van der Waals surface area contributed by atoms with Crippen LogP contribution in [-0.2, 0) is 0 Å². The fourth-order valence-electron chi connectivity index (χ4n) is 0.820. The van der Waals surface area contributed by atoms with Crippen LogP contribution in [0.2, 0.25) is 0 Å². The lowest BCUT2D eigenvalue weighted by molar-refractivity contribution is 0.357. The Labute approximate surface area is 57.5 Å². The molecule has 0 saturated heterocycles. The van der Waals surface area contributed by atoms with Crippen LogP contribution in [0.3, 0.4) is 0 Å². The Kier molecular flexibility index (Phi) is 6.01. The van der Waals surface area contributed by atoms with E-state index in [1.807, 2.05) is 6.92 Å². The first-order valence-electron chi connectivity index (χ1n) is 3.87. The molecule has 9 heavy (non-hydrogen) atoms. The van der Waals surface area contributed by atoms with E-state index < -0.39 is 0 Å². The van der Waals surface area contributed by atoms with Crippen LogP contribution in [0.25, 0.3) is 0 Å². The largest absolute Gasteiger partial charge is 0.251 e. The molecule has 1 heteroatoms. The smallest absolute Gasteiger partial charge is 0.0919 e. The molecule has 0 aromatic heterocycles. The van der Waals surface area contributed by atoms with Crippen molar-refractivity contribution in [2.45, 2.75) is 39.5 Å². The van der Waals surface area contributed by atoms with Crippen LogP contribution in [0.1, 0.15) is 39.5 Å². The van der Waals surface area contributed by atoms with E-state index in [1.54, 1.807) is 0 Å². The summed E-state index contributed by atoms with van der Waals surface area (Å²) < 4.78 is 11.8. The Balaban J connectivity index is 2.88. The van der Waals surface area contributed by atoms with Gasteiger partial charge < -0.3 is 0 Å². The first-order valence-corrected chi connectivity index (χ1v) is 3.87. The third kappa shape index (κ3) is 5.81. The van der Waals surface area contributed by atoms with Crippen molar-refractivity contribution in [3.8, 4) is 0 Å². The van der Waals surface area contributed by atoms with Gasteiger partial charge >= 0.3 is 0 Å². The molecule has 0 N–H and O–H groups in total. The van der Waals surface area contributed by atoms with E-state index in [0.717, 1.165) is 6.42 Å².